The third-order valence-corrected chi connectivity index (χ3v) is 8.04. The number of fused-ring (bicyclic) bond motifs is 6. The number of hydrogen-bond acceptors (Lipinski definition) is 5. The molecule has 35 heavy (non-hydrogen) atoms. The summed E-state index contributed by atoms with van der Waals surface area (Å²) in [6.07, 6.45) is 3.03. The van der Waals surface area contributed by atoms with Gasteiger partial charge in [-0.3, -0.25) is 19.3 Å². The number of pyridine rings is 1. The molecule has 2 aliphatic carbocycles. The minimum atomic E-state index is -1.06. The zero-order valence-corrected chi connectivity index (χ0v) is 18.5. The van der Waals surface area contributed by atoms with Gasteiger partial charge in [0.25, 0.3) is 5.91 Å². The predicted octanol–water partition coefficient (Wildman–Crippen LogP) is 3.14. The van der Waals surface area contributed by atoms with Crippen LogP contribution in [0.2, 0.25) is 0 Å². The lowest BCUT2D eigenvalue weighted by molar-refractivity contribution is 0.0649. The first-order chi connectivity index (χ1) is 16.9. The van der Waals surface area contributed by atoms with Crippen molar-refractivity contribution in [3.8, 4) is 11.5 Å². The molecule has 0 saturated heterocycles. The lowest BCUT2D eigenvalue weighted by atomic mass is 9.96. The van der Waals surface area contributed by atoms with Crippen LogP contribution < -0.4 is 15.2 Å². The minimum absolute atomic E-state index is 0.0752. The Morgan fingerprint density at radius 3 is 2.63 bits per heavy atom. The van der Waals surface area contributed by atoms with Crippen molar-refractivity contribution in [2.24, 2.45) is 11.3 Å². The molecule has 2 saturated carbocycles. The number of aromatic hydroxyl groups is 1. The Hall–Kier alpha value is -3.88. The molecule has 1 N–H and O–H groups in total. The monoisotopic (exact) mass is 477 g/mol. The summed E-state index contributed by atoms with van der Waals surface area (Å²) in [5.41, 5.74) is 0.229. The number of carbonyl (C=O) groups is 1. The van der Waals surface area contributed by atoms with Crippen molar-refractivity contribution in [1.82, 2.24) is 9.58 Å². The number of hydrogen-bond donors (Lipinski definition) is 1. The maximum Gasteiger partial charge on any atom is 0.278 e. The standard InChI is InChI=1S/C26H21F2N3O4/c27-17-7-6-16-21(14-4-2-1-3-5-14)31-13-29(25(34)22-23(33)18(32)8-9-30(22)31)19-11-26(19)10-15(26)12-35-24(16)20(17)28/h1-9,15,19,21,33H,10-13H2/t15-,19+,21-,26?/m1/s1. The summed E-state index contributed by atoms with van der Waals surface area (Å²) in [4.78, 5) is 27.6. The van der Waals surface area contributed by atoms with E-state index in [1.807, 2.05) is 30.3 Å². The van der Waals surface area contributed by atoms with E-state index in [2.05, 4.69) is 0 Å². The molecule has 3 aromatic rings. The van der Waals surface area contributed by atoms with E-state index in [0.717, 1.165) is 24.5 Å². The van der Waals surface area contributed by atoms with Crippen molar-refractivity contribution in [1.29, 1.82) is 0 Å². The molecule has 1 aromatic heterocycles. The molecule has 1 unspecified atom stereocenters. The molecule has 4 atom stereocenters. The quantitative estimate of drug-likeness (QED) is 0.583. The fraction of sp³-hybridized carbons (Fsp3) is 0.308. The molecule has 7 rings (SSSR count). The van der Waals surface area contributed by atoms with E-state index in [0.29, 0.717) is 5.56 Å². The first kappa shape index (κ1) is 20.5. The second-order valence-electron chi connectivity index (χ2n) is 9.84. The van der Waals surface area contributed by atoms with Crippen molar-refractivity contribution < 1.29 is 23.4 Å². The van der Waals surface area contributed by atoms with Crippen LogP contribution in [-0.4, -0.2) is 39.9 Å². The van der Waals surface area contributed by atoms with Gasteiger partial charge < -0.3 is 14.7 Å². The Morgan fingerprint density at radius 2 is 1.83 bits per heavy atom. The molecule has 178 valence electrons. The highest BCUT2D eigenvalue weighted by atomic mass is 19.2. The van der Waals surface area contributed by atoms with E-state index >= 15 is 4.39 Å². The van der Waals surface area contributed by atoms with Gasteiger partial charge in [-0.05, 0) is 36.0 Å². The summed E-state index contributed by atoms with van der Waals surface area (Å²) in [5, 5.41) is 12.5. The van der Waals surface area contributed by atoms with Gasteiger partial charge in [-0.1, -0.05) is 30.3 Å². The first-order valence-corrected chi connectivity index (χ1v) is 11.6. The Morgan fingerprint density at radius 1 is 1.03 bits per heavy atom. The van der Waals surface area contributed by atoms with Crippen LogP contribution in [0, 0.1) is 23.0 Å². The second-order valence-corrected chi connectivity index (χ2v) is 9.84. The molecule has 1 amide bonds. The zero-order chi connectivity index (χ0) is 24.1. The normalized spacial score (nSPS) is 28.1. The fourth-order valence-electron chi connectivity index (χ4n) is 6.05. The van der Waals surface area contributed by atoms with E-state index in [9.17, 15) is 19.1 Å². The lowest BCUT2D eigenvalue weighted by Crippen LogP contribution is -2.56. The summed E-state index contributed by atoms with van der Waals surface area (Å²) in [6.45, 7) is 0.370. The smallest absolute Gasteiger partial charge is 0.278 e. The summed E-state index contributed by atoms with van der Waals surface area (Å²) >= 11 is 0. The van der Waals surface area contributed by atoms with Crippen LogP contribution in [0.4, 0.5) is 8.78 Å². The summed E-state index contributed by atoms with van der Waals surface area (Å²) in [5.74, 6) is -3.14. The zero-order valence-electron chi connectivity index (χ0n) is 18.5. The highest BCUT2D eigenvalue weighted by molar-refractivity contribution is 5.96. The first-order valence-electron chi connectivity index (χ1n) is 11.6. The Labute approximate surface area is 198 Å². The Balaban J connectivity index is 1.52. The maximum atomic E-state index is 15.2. The number of amides is 1. The van der Waals surface area contributed by atoms with Gasteiger partial charge >= 0.3 is 0 Å². The van der Waals surface area contributed by atoms with Gasteiger partial charge in [0, 0.05) is 29.8 Å². The van der Waals surface area contributed by atoms with Gasteiger partial charge in [0.15, 0.2) is 23.0 Å². The van der Waals surface area contributed by atoms with Crippen LogP contribution >= 0.6 is 0 Å². The predicted molar refractivity (Wildman–Crippen MR) is 121 cm³/mol. The number of carbonyl (C=O) groups excluding carboxylic acids is 1. The number of halogens is 2. The number of nitrogens with zero attached hydrogens (tertiary/aromatic N) is 3. The minimum Gasteiger partial charge on any atom is -0.502 e. The summed E-state index contributed by atoms with van der Waals surface area (Å²) < 4.78 is 37.0. The summed E-state index contributed by atoms with van der Waals surface area (Å²) in [7, 11) is 0. The molecule has 1 spiro atoms. The molecule has 2 bridgehead atoms. The number of aromatic nitrogens is 1. The Kier molecular flexibility index (Phi) is 4.00. The van der Waals surface area contributed by atoms with Crippen LogP contribution in [0.15, 0.2) is 59.5 Å². The number of rotatable bonds is 1. The second kappa shape index (κ2) is 6.84. The van der Waals surface area contributed by atoms with Gasteiger partial charge in [-0.25, -0.2) is 4.39 Å². The van der Waals surface area contributed by atoms with Crippen LogP contribution in [0.25, 0.3) is 0 Å². The number of benzene rings is 2. The third-order valence-electron chi connectivity index (χ3n) is 8.04. The van der Waals surface area contributed by atoms with Crippen LogP contribution in [0.5, 0.6) is 11.5 Å². The van der Waals surface area contributed by atoms with Crippen molar-refractivity contribution in [3.05, 3.63) is 93.4 Å². The molecule has 7 nitrogen and oxygen atoms in total. The third kappa shape index (κ3) is 2.75. The molecule has 3 heterocycles. The van der Waals surface area contributed by atoms with Crippen molar-refractivity contribution in [3.63, 3.8) is 0 Å². The van der Waals surface area contributed by atoms with Crippen molar-refractivity contribution >= 4 is 5.91 Å². The molecule has 2 aliphatic heterocycles. The van der Waals surface area contributed by atoms with Crippen LogP contribution in [0.1, 0.15) is 40.5 Å². The Bertz CT molecular complexity index is 1460. The number of ether oxygens (including phenoxy) is 1. The lowest BCUT2D eigenvalue weighted by Gasteiger charge is -2.44. The summed E-state index contributed by atoms with van der Waals surface area (Å²) in [6, 6.07) is 12.2. The van der Waals surface area contributed by atoms with E-state index in [1.54, 1.807) is 9.91 Å². The van der Waals surface area contributed by atoms with Crippen molar-refractivity contribution in [2.75, 3.05) is 18.3 Å². The molecule has 2 fully saturated rings. The molecule has 0 radical (unpaired) electrons. The van der Waals surface area contributed by atoms with Gasteiger partial charge in [0.2, 0.25) is 11.2 Å². The van der Waals surface area contributed by atoms with Gasteiger partial charge in [-0.15, -0.1) is 0 Å². The molecular weight excluding hydrogens is 456 g/mol. The van der Waals surface area contributed by atoms with E-state index in [4.69, 9.17) is 4.74 Å². The van der Waals surface area contributed by atoms with E-state index in [1.165, 1.54) is 23.0 Å². The van der Waals surface area contributed by atoms with Gasteiger partial charge in [0.05, 0.1) is 6.61 Å². The molecule has 2 aromatic carbocycles. The van der Waals surface area contributed by atoms with Crippen LogP contribution in [-0.2, 0) is 0 Å². The topological polar surface area (TPSA) is 75.0 Å². The molecular formula is C26H21F2N3O4. The van der Waals surface area contributed by atoms with Crippen LogP contribution in [0.3, 0.4) is 0 Å². The average Bonchev–Trinajstić information content (AvgIpc) is 3.76. The maximum absolute atomic E-state index is 15.2. The van der Waals surface area contributed by atoms with Gasteiger partial charge in [0.1, 0.15) is 12.7 Å². The average molecular weight is 477 g/mol. The highest BCUT2D eigenvalue weighted by Crippen LogP contribution is 2.72. The van der Waals surface area contributed by atoms with Crippen molar-refractivity contribution in [2.45, 2.75) is 24.9 Å². The highest BCUT2D eigenvalue weighted by Gasteiger charge is 2.73. The largest absolute Gasteiger partial charge is 0.502 e. The molecule has 9 heteroatoms. The SMILES string of the molecule is O=C1c2c(O)c(=O)ccn2N2CN1[C@H]1CC13C[C@@H]3COc1c(ccc(F)c1F)[C@H]2c1ccccc1. The van der Waals surface area contributed by atoms with E-state index < -0.39 is 34.8 Å². The van der Waals surface area contributed by atoms with Gasteiger partial charge in [-0.2, -0.15) is 4.39 Å². The van der Waals surface area contributed by atoms with E-state index in [-0.39, 0.29) is 42.1 Å². The fourth-order valence-corrected chi connectivity index (χ4v) is 6.05. The molecule has 4 aliphatic rings.